The second kappa shape index (κ2) is 9.14. The molecule has 4 heteroatoms. The Labute approximate surface area is 177 Å². The van der Waals surface area contributed by atoms with Gasteiger partial charge in [0, 0.05) is 36.3 Å². The zero-order valence-electron chi connectivity index (χ0n) is 17.3. The minimum Gasteiger partial charge on any atom is -0.496 e. The summed E-state index contributed by atoms with van der Waals surface area (Å²) >= 11 is 0. The van der Waals surface area contributed by atoms with Gasteiger partial charge in [-0.25, -0.2) is 0 Å². The van der Waals surface area contributed by atoms with Crippen LogP contribution in [0.15, 0.2) is 78.9 Å². The average Bonchev–Trinajstić information content (AvgIpc) is 2.84. The Bertz CT molecular complexity index is 977. The smallest absolute Gasteiger partial charge is 0.251 e. The summed E-state index contributed by atoms with van der Waals surface area (Å²) in [7, 11) is 1.69. The van der Waals surface area contributed by atoms with Crippen LogP contribution < -0.4 is 10.1 Å². The van der Waals surface area contributed by atoms with Crippen molar-refractivity contribution in [1.82, 2.24) is 5.32 Å². The molecule has 1 fully saturated rings. The predicted molar refractivity (Wildman–Crippen MR) is 119 cm³/mol. The van der Waals surface area contributed by atoms with Crippen molar-refractivity contribution in [3.8, 4) is 16.9 Å². The largest absolute Gasteiger partial charge is 0.496 e. The zero-order valence-corrected chi connectivity index (χ0v) is 17.3. The molecule has 4 nitrogen and oxygen atoms in total. The van der Waals surface area contributed by atoms with Gasteiger partial charge < -0.3 is 14.8 Å². The first kappa shape index (κ1) is 20.2. The number of benzene rings is 3. The first-order valence-corrected chi connectivity index (χ1v) is 10.4. The maximum atomic E-state index is 12.9. The van der Waals surface area contributed by atoms with Crippen molar-refractivity contribution < 1.29 is 14.3 Å². The van der Waals surface area contributed by atoms with Crippen molar-refractivity contribution in [3.05, 3.63) is 90.0 Å². The van der Waals surface area contributed by atoms with Crippen LogP contribution in [0.3, 0.4) is 0 Å². The number of nitrogens with one attached hydrogen (secondary N) is 1. The van der Waals surface area contributed by atoms with Gasteiger partial charge in [0.2, 0.25) is 0 Å². The Morgan fingerprint density at radius 2 is 1.53 bits per heavy atom. The first-order valence-electron chi connectivity index (χ1n) is 10.4. The number of hydrogen-bond acceptors (Lipinski definition) is 3. The second-order valence-corrected chi connectivity index (χ2v) is 7.72. The van der Waals surface area contributed by atoms with Crippen molar-refractivity contribution in [2.75, 3.05) is 26.9 Å². The van der Waals surface area contributed by atoms with E-state index >= 15 is 0 Å². The number of carbonyl (C=O) groups excluding carboxylic acids is 1. The van der Waals surface area contributed by atoms with Gasteiger partial charge in [0.25, 0.3) is 5.91 Å². The van der Waals surface area contributed by atoms with Crippen LogP contribution in [-0.2, 0) is 10.2 Å². The molecule has 1 saturated heterocycles. The number of methoxy groups -OCH3 is 1. The van der Waals surface area contributed by atoms with Gasteiger partial charge in [-0.15, -0.1) is 0 Å². The van der Waals surface area contributed by atoms with E-state index in [4.69, 9.17) is 9.47 Å². The van der Waals surface area contributed by atoms with Gasteiger partial charge in [-0.05, 0) is 42.2 Å². The molecule has 0 saturated carbocycles. The Kier molecular flexibility index (Phi) is 6.15. The molecule has 0 bridgehead atoms. The highest BCUT2D eigenvalue weighted by molar-refractivity contribution is 5.94. The SMILES string of the molecule is COc1ccccc1C1(CNC(=O)c2ccc(-c3ccccc3)cc2)CCOCC1. The number of rotatable bonds is 6. The molecular weight excluding hydrogens is 374 g/mol. The van der Waals surface area contributed by atoms with Crippen LogP contribution in [0.4, 0.5) is 0 Å². The average molecular weight is 402 g/mol. The van der Waals surface area contributed by atoms with Crippen LogP contribution in [0.2, 0.25) is 0 Å². The topological polar surface area (TPSA) is 47.6 Å². The number of amides is 1. The molecule has 154 valence electrons. The summed E-state index contributed by atoms with van der Waals surface area (Å²) in [5.41, 5.74) is 3.85. The monoisotopic (exact) mass is 401 g/mol. The van der Waals surface area contributed by atoms with Gasteiger partial charge in [0.1, 0.15) is 5.75 Å². The predicted octanol–water partition coefficient (Wildman–Crippen LogP) is 4.84. The van der Waals surface area contributed by atoms with E-state index in [9.17, 15) is 4.79 Å². The molecule has 0 spiro atoms. The minimum absolute atomic E-state index is 0.0598. The van der Waals surface area contributed by atoms with Crippen molar-refractivity contribution >= 4 is 5.91 Å². The summed E-state index contributed by atoms with van der Waals surface area (Å²) in [5.74, 6) is 0.802. The Morgan fingerprint density at radius 3 is 2.23 bits per heavy atom. The number of hydrogen-bond donors (Lipinski definition) is 1. The summed E-state index contributed by atoms with van der Waals surface area (Å²) < 4.78 is 11.2. The highest BCUT2D eigenvalue weighted by atomic mass is 16.5. The summed E-state index contributed by atoms with van der Waals surface area (Å²) in [6, 6.07) is 26.0. The van der Waals surface area contributed by atoms with E-state index in [1.54, 1.807) is 7.11 Å². The van der Waals surface area contributed by atoms with E-state index in [-0.39, 0.29) is 11.3 Å². The van der Waals surface area contributed by atoms with Gasteiger partial charge in [0.15, 0.2) is 0 Å². The van der Waals surface area contributed by atoms with Gasteiger partial charge in [-0.2, -0.15) is 0 Å². The van der Waals surface area contributed by atoms with E-state index in [0.717, 1.165) is 35.3 Å². The molecular formula is C26H27NO3. The first-order chi connectivity index (χ1) is 14.7. The lowest BCUT2D eigenvalue weighted by Crippen LogP contribution is -2.44. The summed E-state index contributed by atoms with van der Waals surface area (Å²) in [5, 5.41) is 3.17. The van der Waals surface area contributed by atoms with Crippen LogP contribution in [0.5, 0.6) is 5.75 Å². The van der Waals surface area contributed by atoms with Gasteiger partial charge in [-0.3, -0.25) is 4.79 Å². The third-order valence-corrected chi connectivity index (χ3v) is 5.97. The van der Waals surface area contributed by atoms with Gasteiger partial charge in [-0.1, -0.05) is 60.7 Å². The van der Waals surface area contributed by atoms with E-state index in [1.807, 2.05) is 60.7 Å². The third-order valence-electron chi connectivity index (χ3n) is 5.97. The van der Waals surface area contributed by atoms with E-state index in [1.165, 1.54) is 0 Å². The molecule has 1 heterocycles. The number of carbonyl (C=O) groups is 1. The minimum atomic E-state index is -0.190. The van der Waals surface area contributed by atoms with Crippen molar-refractivity contribution in [3.63, 3.8) is 0 Å². The fraction of sp³-hybridized carbons (Fsp3) is 0.269. The normalized spacial score (nSPS) is 15.4. The molecule has 1 aliphatic heterocycles. The van der Waals surface area contributed by atoms with Gasteiger partial charge >= 0.3 is 0 Å². The molecule has 1 aliphatic rings. The van der Waals surface area contributed by atoms with E-state index < -0.39 is 0 Å². The fourth-order valence-electron chi connectivity index (χ4n) is 4.18. The van der Waals surface area contributed by atoms with Crippen LogP contribution in [0.25, 0.3) is 11.1 Å². The lowest BCUT2D eigenvalue weighted by molar-refractivity contribution is 0.0479. The molecule has 0 atom stereocenters. The lowest BCUT2D eigenvalue weighted by atomic mass is 9.73. The summed E-state index contributed by atoms with van der Waals surface area (Å²) in [4.78, 5) is 12.9. The molecule has 4 rings (SSSR count). The molecule has 0 unspecified atom stereocenters. The van der Waals surface area contributed by atoms with Crippen LogP contribution in [0.1, 0.15) is 28.8 Å². The third kappa shape index (κ3) is 4.24. The zero-order chi connectivity index (χ0) is 20.8. The summed E-state index contributed by atoms with van der Waals surface area (Å²) in [6.07, 6.45) is 1.70. The molecule has 1 amide bonds. The van der Waals surface area contributed by atoms with Crippen LogP contribution in [-0.4, -0.2) is 32.8 Å². The van der Waals surface area contributed by atoms with Crippen LogP contribution >= 0.6 is 0 Å². The maximum absolute atomic E-state index is 12.9. The quantitative estimate of drug-likeness (QED) is 0.643. The maximum Gasteiger partial charge on any atom is 0.251 e. The lowest BCUT2D eigenvalue weighted by Gasteiger charge is -2.38. The Morgan fingerprint density at radius 1 is 0.900 bits per heavy atom. The second-order valence-electron chi connectivity index (χ2n) is 7.72. The molecule has 30 heavy (non-hydrogen) atoms. The fourth-order valence-corrected chi connectivity index (χ4v) is 4.18. The van der Waals surface area contributed by atoms with Gasteiger partial charge in [0.05, 0.1) is 7.11 Å². The Hall–Kier alpha value is -3.11. The van der Waals surface area contributed by atoms with E-state index in [2.05, 4.69) is 23.5 Å². The number of para-hydroxylation sites is 1. The highest BCUT2D eigenvalue weighted by Crippen LogP contribution is 2.39. The molecule has 3 aromatic rings. The van der Waals surface area contributed by atoms with Crippen molar-refractivity contribution in [1.29, 1.82) is 0 Å². The summed E-state index contributed by atoms with van der Waals surface area (Å²) in [6.45, 7) is 1.91. The van der Waals surface area contributed by atoms with Crippen LogP contribution in [0, 0.1) is 0 Å². The van der Waals surface area contributed by atoms with Crippen molar-refractivity contribution in [2.45, 2.75) is 18.3 Å². The molecule has 0 aromatic heterocycles. The molecule has 0 aliphatic carbocycles. The van der Waals surface area contributed by atoms with E-state index in [0.29, 0.717) is 25.3 Å². The highest BCUT2D eigenvalue weighted by Gasteiger charge is 2.37. The van der Waals surface area contributed by atoms with Crippen molar-refractivity contribution in [2.24, 2.45) is 0 Å². The molecule has 3 aromatic carbocycles. The number of ether oxygens (including phenoxy) is 2. The molecule has 0 radical (unpaired) electrons. The molecule has 1 N–H and O–H groups in total. The standard InChI is InChI=1S/C26H27NO3/c1-29-24-10-6-5-9-23(24)26(15-17-30-18-16-26)19-27-25(28)22-13-11-21(12-14-22)20-7-3-2-4-8-20/h2-14H,15-19H2,1H3,(H,27,28). The Balaban J connectivity index is 1.50.